The van der Waals surface area contributed by atoms with E-state index in [9.17, 15) is 0 Å². The van der Waals surface area contributed by atoms with Crippen LogP contribution in [0.1, 0.15) is 62.2 Å². The Morgan fingerprint density at radius 1 is 1.10 bits per heavy atom. The zero-order chi connectivity index (χ0) is 13.8. The minimum Gasteiger partial charge on any atom is -0.373 e. The number of halogens is 1. The van der Waals surface area contributed by atoms with E-state index < -0.39 is 0 Å². The van der Waals surface area contributed by atoms with Crippen LogP contribution in [0.3, 0.4) is 0 Å². The lowest BCUT2D eigenvalue weighted by Gasteiger charge is -2.37. The fourth-order valence-electron chi connectivity index (χ4n) is 3.78. The Labute approximate surface area is 131 Å². The van der Waals surface area contributed by atoms with Crippen molar-refractivity contribution in [1.82, 2.24) is 0 Å². The van der Waals surface area contributed by atoms with Gasteiger partial charge in [-0.05, 0) is 43.2 Å². The first-order valence-corrected chi connectivity index (χ1v) is 9.21. The van der Waals surface area contributed by atoms with Crippen molar-refractivity contribution in [3.05, 3.63) is 35.4 Å². The molecule has 2 heteroatoms. The smallest absolute Gasteiger partial charge is 0.0828 e. The molecule has 1 unspecified atom stereocenters. The highest BCUT2D eigenvalue weighted by molar-refractivity contribution is 9.09. The molecule has 1 fully saturated rings. The third-order valence-corrected chi connectivity index (χ3v) is 6.29. The summed E-state index contributed by atoms with van der Waals surface area (Å²) >= 11 is 3.74. The molecule has 1 atom stereocenters. The van der Waals surface area contributed by atoms with Crippen molar-refractivity contribution in [3.8, 4) is 0 Å². The molecular weight excluding hydrogens is 312 g/mol. The van der Waals surface area contributed by atoms with Crippen LogP contribution in [-0.4, -0.2) is 11.9 Å². The Hall–Kier alpha value is -0.340. The largest absolute Gasteiger partial charge is 0.373 e. The van der Waals surface area contributed by atoms with Gasteiger partial charge in [-0.1, -0.05) is 59.5 Å². The maximum Gasteiger partial charge on any atom is 0.0828 e. The highest BCUT2D eigenvalue weighted by atomic mass is 79.9. The molecule has 3 rings (SSSR count). The summed E-state index contributed by atoms with van der Waals surface area (Å²) < 4.78 is 6.41. The molecule has 20 heavy (non-hydrogen) atoms. The molecule has 0 saturated heterocycles. The molecule has 110 valence electrons. The molecule has 2 aliphatic carbocycles. The standard InChI is InChI=1S/C18H25BrO/c19-13-18(11-4-1-5-12-18)14-20-17-10-6-8-15-7-2-3-9-16(15)17/h2-3,7,9,17H,1,4-6,8,10-14H2. The maximum absolute atomic E-state index is 6.41. The number of rotatable bonds is 4. The minimum atomic E-state index is 0.331. The van der Waals surface area contributed by atoms with Crippen LogP contribution in [-0.2, 0) is 11.2 Å². The zero-order valence-corrected chi connectivity index (χ0v) is 13.8. The van der Waals surface area contributed by atoms with Crippen molar-refractivity contribution < 1.29 is 4.74 Å². The summed E-state index contributed by atoms with van der Waals surface area (Å²) in [4.78, 5) is 0. The molecule has 0 aliphatic heterocycles. The third-order valence-electron chi connectivity index (χ3n) is 5.10. The zero-order valence-electron chi connectivity index (χ0n) is 12.2. The predicted molar refractivity (Wildman–Crippen MR) is 87.4 cm³/mol. The van der Waals surface area contributed by atoms with Gasteiger partial charge < -0.3 is 4.74 Å². The number of ether oxygens (including phenoxy) is 1. The summed E-state index contributed by atoms with van der Waals surface area (Å²) in [6.07, 6.45) is 10.8. The van der Waals surface area contributed by atoms with Crippen molar-refractivity contribution >= 4 is 15.9 Å². The van der Waals surface area contributed by atoms with E-state index >= 15 is 0 Å². The second-order valence-electron chi connectivity index (χ2n) is 6.58. The lowest BCUT2D eigenvalue weighted by molar-refractivity contribution is -0.0232. The van der Waals surface area contributed by atoms with Crippen molar-refractivity contribution in [2.45, 2.75) is 57.5 Å². The second-order valence-corrected chi connectivity index (χ2v) is 7.15. The summed E-state index contributed by atoms with van der Waals surface area (Å²) in [7, 11) is 0. The number of aryl methyl sites for hydroxylation is 1. The number of alkyl halides is 1. The number of hydrogen-bond acceptors (Lipinski definition) is 1. The third kappa shape index (κ3) is 3.12. The van der Waals surface area contributed by atoms with Crippen molar-refractivity contribution in [1.29, 1.82) is 0 Å². The molecule has 0 heterocycles. The van der Waals surface area contributed by atoms with Gasteiger partial charge in [0, 0.05) is 10.7 Å². The first-order valence-electron chi connectivity index (χ1n) is 8.08. The normalized spacial score (nSPS) is 25.1. The van der Waals surface area contributed by atoms with Crippen LogP contribution in [0.2, 0.25) is 0 Å². The molecule has 1 nitrogen and oxygen atoms in total. The van der Waals surface area contributed by atoms with Gasteiger partial charge in [-0.2, -0.15) is 0 Å². The molecular formula is C18H25BrO. The highest BCUT2D eigenvalue weighted by Crippen LogP contribution is 2.40. The molecule has 0 aromatic heterocycles. The van der Waals surface area contributed by atoms with E-state index in [2.05, 4.69) is 40.2 Å². The van der Waals surface area contributed by atoms with Gasteiger partial charge in [-0.15, -0.1) is 0 Å². The van der Waals surface area contributed by atoms with Gasteiger partial charge in [0.05, 0.1) is 12.7 Å². The number of fused-ring (bicyclic) bond motifs is 1. The average Bonchev–Trinajstić information content (AvgIpc) is 2.54. The Morgan fingerprint density at radius 3 is 2.70 bits per heavy atom. The van der Waals surface area contributed by atoms with E-state index in [4.69, 9.17) is 4.74 Å². The maximum atomic E-state index is 6.41. The van der Waals surface area contributed by atoms with Gasteiger partial charge in [-0.3, -0.25) is 0 Å². The van der Waals surface area contributed by atoms with Gasteiger partial charge >= 0.3 is 0 Å². The fourth-order valence-corrected chi connectivity index (χ4v) is 4.50. The van der Waals surface area contributed by atoms with Gasteiger partial charge in [0.1, 0.15) is 0 Å². The Morgan fingerprint density at radius 2 is 1.90 bits per heavy atom. The van der Waals surface area contributed by atoms with E-state index in [1.807, 2.05) is 0 Å². The van der Waals surface area contributed by atoms with E-state index in [-0.39, 0.29) is 0 Å². The van der Waals surface area contributed by atoms with Gasteiger partial charge in [0.2, 0.25) is 0 Å². The molecule has 0 spiro atoms. The van der Waals surface area contributed by atoms with Crippen molar-refractivity contribution in [2.24, 2.45) is 5.41 Å². The number of benzene rings is 1. The molecule has 0 N–H and O–H groups in total. The summed E-state index contributed by atoms with van der Waals surface area (Å²) in [5.41, 5.74) is 3.34. The molecule has 0 bridgehead atoms. The Bertz CT molecular complexity index is 437. The average molecular weight is 337 g/mol. The van der Waals surface area contributed by atoms with Crippen LogP contribution >= 0.6 is 15.9 Å². The summed E-state index contributed by atoms with van der Waals surface area (Å²) in [6, 6.07) is 8.84. The van der Waals surface area contributed by atoms with Gasteiger partial charge in [-0.25, -0.2) is 0 Å². The van der Waals surface area contributed by atoms with E-state index in [0.29, 0.717) is 11.5 Å². The van der Waals surface area contributed by atoms with E-state index in [1.54, 1.807) is 0 Å². The van der Waals surface area contributed by atoms with Crippen LogP contribution in [0, 0.1) is 5.41 Å². The first kappa shape index (κ1) is 14.6. The van der Waals surface area contributed by atoms with Crippen LogP contribution in [0.5, 0.6) is 0 Å². The quantitative estimate of drug-likeness (QED) is 0.666. The van der Waals surface area contributed by atoms with E-state index in [1.165, 1.54) is 62.5 Å². The SMILES string of the molecule is BrCC1(COC2CCCc3ccccc32)CCCCC1. The molecule has 1 aromatic rings. The van der Waals surface area contributed by atoms with Gasteiger partial charge in [0.15, 0.2) is 0 Å². The minimum absolute atomic E-state index is 0.331. The topological polar surface area (TPSA) is 9.23 Å². The summed E-state index contributed by atoms with van der Waals surface area (Å²) in [6.45, 7) is 0.928. The van der Waals surface area contributed by atoms with Crippen LogP contribution < -0.4 is 0 Å². The Kier molecular flexibility index (Phi) is 4.83. The fraction of sp³-hybridized carbons (Fsp3) is 0.667. The monoisotopic (exact) mass is 336 g/mol. The Balaban J connectivity index is 1.66. The molecule has 2 aliphatic rings. The van der Waals surface area contributed by atoms with Crippen molar-refractivity contribution in [3.63, 3.8) is 0 Å². The molecule has 0 radical (unpaired) electrons. The van der Waals surface area contributed by atoms with Crippen LogP contribution in [0.4, 0.5) is 0 Å². The van der Waals surface area contributed by atoms with Gasteiger partial charge in [0.25, 0.3) is 0 Å². The lowest BCUT2D eigenvalue weighted by atomic mass is 9.76. The molecule has 0 amide bonds. The van der Waals surface area contributed by atoms with Crippen LogP contribution in [0.25, 0.3) is 0 Å². The number of hydrogen-bond donors (Lipinski definition) is 0. The molecule has 1 saturated carbocycles. The highest BCUT2D eigenvalue weighted by Gasteiger charge is 2.33. The van der Waals surface area contributed by atoms with E-state index in [0.717, 1.165) is 11.9 Å². The van der Waals surface area contributed by atoms with Crippen molar-refractivity contribution in [2.75, 3.05) is 11.9 Å². The first-order chi connectivity index (χ1) is 9.83. The van der Waals surface area contributed by atoms with Crippen LogP contribution in [0.15, 0.2) is 24.3 Å². The summed E-state index contributed by atoms with van der Waals surface area (Å²) in [5.74, 6) is 0. The second kappa shape index (κ2) is 6.62. The summed E-state index contributed by atoms with van der Waals surface area (Å²) in [5, 5.41) is 1.09. The molecule has 1 aromatic carbocycles. The predicted octanol–water partition coefficient (Wildman–Crippen LogP) is 5.43. The lowest BCUT2D eigenvalue weighted by Crippen LogP contribution is -2.32.